The summed E-state index contributed by atoms with van der Waals surface area (Å²) in [5, 5.41) is 7.29. The van der Waals surface area contributed by atoms with Crippen molar-refractivity contribution in [2.45, 2.75) is 19.5 Å². The van der Waals surface area contributed by atoms with Gasteiger partial charge < -0.3 is 15.5 Å². The molecule has 0 aliphatic carbocycles. The lowest BCUT2D eigenvalue weighted by molar-refractivity contribution is 0.485. The van der Waals surface area contributed by atoms with Crippen molar-refractivity contribution in [2.75, 3.05) is 29.9 Å². The average Bonchev–Trinajstić information content (AvgIpc) is 2.66. The van der Waals surface area contributed by atoms with Gasteiger partial charge in [0.05, 0.1) is 33.6 Å². The Labute approximate surface area is 161 Å². The number of nitrogens with one attached hydrogen (secondary N) is 2. The zero-order valence-electron chi connectivity index (χ0n) is 14.9. The highest BCUT2D eigenvalue weighted by atomic mass is 35.5. The van der Waals surface area contributed by atoms with Crippen LogP contribution in [0.3, 0.4) is 0 Å². The van der Waals surface area contributed by atoms with E-state index in [2.05, 4.69) is 37.4 Å². The van der Waals surface area contributed by atoms with E-state index in [0.717, 1.165) is 31.0 Å². The molecule has 1 fully saturated rings. The van der Waals surface area contributed by atoms with Crippen molar-refractivity contribution >= 4 is 34.0 Å². The van der Waals surface area contributed by atoms with Crippen molar-refractivity contribution in [2.24, 2.45) is 0 Å². The molecule has 2 aromatic heterocycles. The molecule has 3 aromatic rings. The molecule has 0 spiro atoms. The van der Waals surface area contributed by atoms with Gasteiger partial charge in [0.25, 0.3) is 0 Å². The fourth-order valence-corrected chi connectivity index (χ4v) is 3.65. The summed E-state index contributed by atoms with van der Waals surface area (Å²) in [5.74, 6) is -0.317. The van der Waals surface area contributed by atoms with Gasteiger partial charge in [-0.25, -0.2) is 4.39 Å². The molecule has 140 valence electrons. The first-order valence-electron chi connectivity index (χ1n) is 8.86. The third-order valence-corrected chi connectivity index (χ3v) is 4.94. The van der Waals surface area contributed by atoms with Gasteiger partial charge in [0, 0.05) is 62.4 Å². The van der Waals surface area contributed by atoms with Crippen molar-refractivity contribution in [1.82, 2.24) is 20.3 Å². The van der Waals surface area contributed by atoms with Crippen molar-refractivity contribution in [3.05, 3.63) is 53.3 Å². The molecule has 27 heavy (non-hydrogen) atoms. The maximum Gasteiger partial charge on any atom is 0.130 e. The Morgan fingerprint density at radius 3 is 2.81 bits per heavy atom. The van der Waals surface area contributed by atoms with Gasteiger partial charge in [-0.1, -0.05) is 11.6 Å². The van der Waals surface area contributed by atoms with Crippen LogP contribution in [0.4, 0.5) is 15.8 Å². The van der Waals surface area contributed by atoms with E-state index in [1.807, 2.05) is 0 Å². The first kappa shape index (κ1) is 17.9. The molecule has 8 heteroatoms. The first-order chi connectivity index (χ1) is 13.1. The monoisotopic (exact) mass is 386 g/mol. The Hall–Kier alpha value is -2.51. The van der Waals surface area contributed by atoms with Crippen molar-refractivity contribution < 1.29 is 4.39 Å². The van der Waals surface area contributed by atoms with Crippen molar-refractivity contribution in [3.63, 3.8) is 0 Å². The van der Waals surface area contributed by atoms with Crippen LogP contribution in [0.25, 0.3) is 11.0 Å². The molecular formula is C19H20ClFN6. The lowest BCUT2D eigenvalue weighted by Gasteiger charge is -2.35. The molecule has 1 saturated heterocycles. The third kappa shape index (κ3) is 3.79. The molecule has 0 saturated carbocycles. The van der Waals surface area contributed by atoms with E-state index in [1.54, 1.807) is 30.9 Å². The number of hydrogen-bond acceptors (Lipinski definition) is 6. The molecule has 0 bridgehead atoms. The fraction of sp³-hybridized carbons (Fsp3) is 0.316. The number of aromatic nitrogens is 3. The zero-order valence-corrected chi connectivity index (χ0v) is 15.7. The van der Waals surface area contributed by atoms with Gasteiger partial charge in [0.15, 0.2) is 0 Å². The topological polar surface area (TPSA) is 66.0 Å². The van der Waals surface area contributed by atoms with Crippen LogP contribution in [0.2, 0.25) is 5.02 Å². The van der Waals surface area contributed by atoms with E-state index >= 15 is 0 Å². The second-order valence-electron chi connectivity index (χ2n) is 6.66. The first-order valence-corrected chi connectivity index (χ1v) is 9.24. The maximum absolute atomic E-state index is 14.4. The summed E-state index contributed by atoms with van der Waals surface area (Å²) in [6.45, 7) is 5.02. The zero-order chi connectivity index (χ0) is 18.8. The summed E-state index contributed by atoms with van der Waals surface area (Å²) < 4.78 is 14.4. The van der Waals surface area contributed by atoms with Crippen LogP contribution >= 0.6 is 11.6 Å². The van der Waals surface area contributed by atoms with Gasteiger partial charge >= 0.3 is 0 Å². The summed E-state index contributed by atoms with van der Waals surface area (Å²) in [7, 11) is 0. The SMILES string of the molecule is CC1CN(c2c(Cl)cncc2NCc2cc3nccnc3cc2F)CCN1. The van der Waals surface area contributed by atoms with Crippen LogP contribution in [0, 0.1) is 5.82 Å². The quantitative estimate of drug-likeness (QED) is 0.717. The van der Waals surface area contributed by atoms with Crippen LogP contribution in [-0.4, -0.2) is 40.6 Å². The number of halogens is 2. The van der Waals surface area contributed by atoms with Crippen molar-refractivity contribution in [3.8, 4) is 0 Å². The number of rotatable bonds is 4. The van der Waals surface area contributed by atoms with Gasteiger partial charge in [0.1, 0.15) is 5.82 Å². The van der Waals surface area contributed by atoms with E-state index < -0.39 is 0 Å². The summed E-state index contributed by atoms with van der Waals surface area (Å²) >= 11 is 6.44. The molecule has 4 rings (SSSR count). The van der Waals surface area contributed by atoms with E-state index in [-0.39, 0.29) is 5.82 Å². The molecule has 3 heterocycles. The standard InChI is InChI=1S/C19H20ClFN6/c1-12-11-27(5-4-23-12)19-14(20)9-22-10-18(19)26-8-13-6-16-17(7-15(13)21)25-3-2-24-16/h2-3,6-7,9-10,12,23,26H,4-5,8,11H2,1H3. The Morgan fingerprint density at radius 1 is 1.26 bits per heavy atom. The largest absolute Gasteiger partial charge is 0.378 e. The summed E-state index contributed by atoms with van der Waals surface area (Å²) in [4.78, 5) is 14.8. The number of fused-ring (bicyclic) bond motifs is 1. The smallest absolute Gasteiger partial charge is 0.130 e. The predicted octanol–water partition coefficient (Wildman–Crippen LogP) is 3.23. The van der Waals surface area contributed by atoms with E-state index in [9.17, 15) is 4.39 Å². The molecule has 1 aliphatic rings. The van der Waals surface area contributed by atoms with Gasteiger partial charge in [-0.05, 0) is 13.0 Å². The molecule has 6 nitrogen and oxygen atoms in total. The second-order valence-corrected chi connectivity index (χ2v) is 7.07. The third-order valence-electron chi connectivity index (χ3n) is 4.66. The number of anilines is 2. The average molecular weight is 387 g/mol. The molecule has 1 aromatic carbocycles. The number of hydrogen-bond donors (Lipinski definition) is 2. The molecule has 0 amide bonds. The Kier molecular flexibility index (Phi) is 5.05. The van der Waals surface area contributed by atoms with Crippen LogP contribution in [0.5, 0.6) is 0 Å². The van der Waals surface area contributed by atoms with Crippen LogP contribution in [-0.2, 0) is 6.54 Å². The number of nitrogens with zero attached hydrogens (tertiary/aromatic N) is 4. The van der Waals surface area contributed by atoms with E-state index in [1.165, 1.54) is 6.07 Å². The highest BCUT2D eigenvalue weighted by molar-refractivity contribution is 6.33. The Morgan fingerprint density at radius 2 is 2.04 bits per heavy atom. The lowest BCUT2D eigenvalue weighted by atomic mass is 10.1. The lowest BCUT2D eigenvalue weighted by Crippen LogP contribution is -2.49. The summed E-state index contributed by atoms with van der Waals surface area (Å²) in [6.07, 6.45) is 6.52. The number of benzene rings is 1. The second kappa shape index (κ2) is 7.62. The normalized spacial score (nSPS) is 17.3. The van der Waals surface area contributed by atoms with E-state index in [4.69, 9.17) is 11.6 Å². The highest BCUT2D eigenvalue weighted by Crippen LogP contribution is 2.34. The van der Waals surface area contributed by atoms with Gasteiger partial charge in [-0.3, -0.25) is 15.0 Å². The van der Waals surface area contributed by atoms with Crippen molar-refractivity contribution in [1.29, 1.82) is 0 Å². The number of pyridine rings is 1. The van der Waals surface area contributed by atoms with Gasteiger partial charge in [-0.2, -0.15) is 0 Å². The molecule has 1 atom stereocenters. The minimum atomic E-state index is -0.317. The molecule has 2 N–H and O–H groups in total. The van der Waals surface area contributed by atoms with Crippen LogP contribution < -0.4 is 15.5 Å². The highest BCUT2D eigenvalue weighted by Gasteiger charge is 2.21. The van der Waals surface area contributed by atoms with Crippen LogP contribution in [0.1, 0.15) is 12.5 Å². The fourth-order valence-electron chi connectivity index (χ4n) is 3.37. The summed E-state index contributed by atoms with van der Waals surface area (Å²) in [6, 6.07) is 3.50. The minimum absolute atomic E-state index is 0.301. The summed E-state index contributed by atoms with van der Waals surface area (Å²) in [5.41, 5.74) is 3.41. The molecule has 1 aliphatic heterocycles. The van der Waals surface area contributed by atoms with Gasteiger partial charge in [0.2, 0.25) is 0 Å². The number of piperazine rings is 1. The molecule has 0 radical (unpaired) electrons. The van der Waals surface area contributed by atoms with E-state index in [0.29, 0.717) is 34.2 Å². The van der Waals surface area contributed by atoms with Crippen LogP contribution in [0.15, 0.2) is 36.9 Å². The molecular weight excluding hydrogens is 367 g/mol. The predicted molar refractivity (Wildman–Crippen MR) is 106 cm³/mol. The Bertz CT molecular complexity index is 966. The minimum Gasteiger partial charge on any atom is -0.378 e. The molecule has 1 unspecified atom stereocenters. The van der Waals surface area contributed by atoms with Gasteiger partial charge in [-0.15, -0.1) is 0 Å². The maximum atomic E-state index is 14.4. The Balaban J connectivity index is 1.60.